The fraction of sp³-hybridized carbons (Fsp3) is 0.333. The molecule has 2 N–H and O–H groups in total. The van der Waals surface area contributed by atoms with Gasteiger partial charge in [0.05, 0.1) is 12.2 Å². The van der Waals surface area contributed by atoms with Crippen molar-refractivity contribution in [1.29, 1.82) is 0 Å². The number of hydrogen-bond acceptors (Lipinski definition) is 4. The molecule has 5 heteroatoms. The van der Waals surface area contributed by atoms with Gasteiger partial charge in [-0.25, -0.2) is 0 Å². The first-order valence-electron chi connectivity index (χ1n) is 4.16. The third-order valence-electron chi connectivity index (χ3n) is 1.61. The number of amides is 1. The fourth-order valence-corrected chi connectivity index (χ4v) is 1.34. The summed E-state index contributed by atoms with van der Waals surface area (Å²) in [6.07, 6.45) is 5.13. The van der Waals surface area contributed by atoms with Gasteiger partial charge in [0.1, 0.15) is 0 Å². The number of aliphatic hydroxyl groups excluding tert-OH is 1. The number of aliphatic hydroxyl groups is 1. The zero-order valence-electron chi connectivity index (χ0n) is 7.86. The van der Waals surface area contributed by atoms with Crippen LogP contribution < -0.4 is 5.32 Å². The third-order valence-corrected chi connectivity index (χ3v) is 2.30. The van der Waals surface area contributed by atoms with Gasteiger partial charge < -0.3 is 10.4 Å². The lowest BCUT2D eigenvalue weighted by Gasteiger charge is -2.03. The van der Waals surface area contributed by atoms with Crippen LogP contribution in [0.15, 0.2) is 23.4 Å². The fourth-order valence-electron chi connectivity index (χ4n) is 0.926. The van der Waals surface area contributed by atoms with Gasteiger partial charge in [-0.15, -0.1) is 11.8 Å². The van der Waals surface area contributed by atoms with Crippen LogP contribution >= 0.6 is 11.8 Å². The van der Waals surface area contributed by atoms with Crippen molar-refractivity contribution in [2.75, 3.05) is 19.4 Å². The van der Waals surface area contributed by atoms with Crippen LogP contribution in [0.4, 0.5) is 0 Å². The molecule has 1 rings (SSSR count). The Morgan fingerprint density at radius 1 is 1.64 bits per heavy atom. The number of nitrogens with zero attached hydrogens (tertiary/aromatic N) is 1. The monoisotopic (exact) mass is 212 g/mol. The summed E-state index contributed by atoms with van der Waals surface area (Å²) in [5, 5.41) is 11.1. The molecule has 0 atom stereocenters. The average Bonchev–Trinajstić information content (AvgIpc) is 2.26. The molecule has 1 aromatic rings. The van der Waals surface area contributed by atoms with Gasteiger partial charge in [-0.3, -0.25) is 9.78 Å². The van der Waals surface area contributed by atoms with Crippen molar-refractivity contribution in [1.82, 2.24) is 10.3 Å². The number of nitrogens with one attached hydrogen (secondary N) is 1. The SMILES string of the molecule is CSc1cncc(C(=O)NCCO)c1. The number of rotatable bonds is 4. The van der Waals surface area contributed by atoms with E-state index in [4.69, 9.17) is 5.11 Å². The van der Waals surface area contributed by atoms with E-state index in [2.05, 4.69) is 10.3 Å². The molecule has 1 aromatic heterocycles. The van der Waals surface area contributed by atoms with Crippen LogP contribution in [0.5, 0.6) is 0 Å². The molecule has 0 aliphatic rings. The summed E-state index contributed by atoms with van der Waals surface area (Å²) in [5.74, 6) is -0.206. The summed E-state index contributed by atoms with van der Waals surface area (Å²) in [4.78, 5) is 16.3. The molecule has 0 unspecified atom stereocenters. The highest BCUT2D eigenvalue weighted by Crippen LogP contribution is 2.13. The van der Waals surface area contributed by atoms with Crippen molar-refractivity contribution in [3.63, 3.8) is 0 Å². The predicted molar refractivity (Wildman–Crippen MR) is 55.4 cm³/mol. The van der Waals surface area contributed by atoms with E-state index < -0.39 is 0 Å². The van der Waals surface area contributed by atoms with Gasteiger partial charge in [0.2, 0.25) is 0 Å². The van der Waals surface area contributed by atoms with Crippen molar-refractivity contribution in [2.24, 2.45) is 0 Å². The predicted octanol–water partition coefficient (Wildman–Crippen LogP) is 0.526. The van der Waals surface area contributed by atoms with E-state index in [0.29, 0.717) is 5.56 Å². The molecule has 0 saturated carbocycles. The maximum atomic E-state index is 11.4. The molecule has 76 valence electrons. The second-order valence-electron chi connectivity index (χ2n) is 2.59. The number of hydrogen-bond donors (Lipinski definition) is 2. The Morgan fingerprint density at radius 3 is 3.07 bits per heavy atom. The van der Waals surface area contributed by atoms with E-state index in [1.54, 1.807) is 12.3 Å². The van der Waals surface area contributed by atoms with Crippen molar-refractivity contribution in [2.45, 2.75) is 4.90 Å². The lowest BCUT2D eigenvalue weighted by atomic mass is 10.3. The maximum Gasteiger partial charge on any atom is 0.252 e. The zero-order chi connectivity index (χ0) is 10.4. The number of pyridine rings is 1. The van der Waals surface area contributed by atoms with Crippen molar-refractivity contribution in [3.8, 4) is 0 Å². The van der Waals surface area contributed by atoms with Crippen LogP contribution in [-0.4, -0.2) is 35.4 Å². The average molecular weight is 212 g/mol. The maximum absolute atomic E-state index is 11.4. The first-order valence-corrected chi connectivity index (χ1v) is 5.38. The van der Waals surface area contributed by atoms with E-state index in [9.17, 15) is 4.79 Å². The third kappa shape index (κ3) is 3.01. The van der Waals surface area contributed by atoms with E-state index in [1.165, 1.54) is 18.0 Å². The highest BCUT2D eigenvalue weighted by atomic mass is 32.2. The van der Waals surface area contributed by atoms with Crippen LogP contribution in [0.25, 0.3) is 0 Å². The number of thioether (sulfide) groups is 1. The van der Waals surface area contributed by atoms with E-state index in [1.807, 2.05) is 6.26 Å². The summed E-state index contributed by atoms with van der Waals surface area (Å²) in [6, 6.07) is 1.77. The van der Waals surface area contributed by atoms with Crippen molar-refractivity contribution < 1.29 is 9.90 Å². The summed E-state index contributed by atoms with van der Waals surface area (Å²) in [5.41, 5.74) is 0.519. The molecule has 0 radical (unpaired) electrons. The normalized spacial score (nSPS) is 9.86. The molecule has 14 heavy (non-hydrogen) atoms. The van der Waals surface area contributed by atoms with Crippen LogP contribution in [0.2, 0.25) is 0 Å². The Balaban J connectivity index is 2.69. The molecule has 0 bridgehead atoms. The molecule has 4 nitrogen and oxygen atoms in total. The Morgan fingerprint density at radius 2 is 2.43 bits per heavy atom. The molecular formula is C9H12N2O2S. The largest absolute Gasteiger partial charge is 0.395 e. The van der Waals surface area contributed by atoms with Crippen LogP contribution in [-0.2, 0) is 0 Å². The molecule has 1 heterocycles. The second-order valence-corrected chi connectivity index (χ2v) is 3.47. The van der Waals surface area contributed by atoms with Gasteiger partial charge in [-0.1, -0.05) is 0 Å². The number of carbonyl (C=O) groups excluding carboxylic acids is 1. The molecule has 0 aliphatic carbocycles. The Bertz CT molecular complexity index is 317. The van der Waals surface area contributed by atoms with Gasteiger partial charge in [0.15, 0.2) is 0 Å². The quantitative estimate of drug-likeness (QED) is 0.714. The highest BCUT2D eigenvalue weighted by Gasteiger charge is 2.05. The molecular weight excluding hydrogens is 200 g/mol. The summed E-state index contributed by atoms with van der Waals surface area (Å²) in [6.45, 7) is 0.212. The first kappa shape index (κ1) is 11.0. The molecule has 1 amide bonds. The Labute approximate surface area is 86.7 Å². The van der Waals surface area contributed by atoms with Gasteiger partial charge in [0.25, 0.3) is 5.91 Å². The molecule has 0 aromatic carbocycles. The molecule has 0 spiro atoms. The van der Waals surface area contributed by atoms with Gasteiger partial charge in [-0.05, 0) is 12.3 Å². The standard InChI is InChI=1S/C9H12N2O2S/c1-14-8-4-7(5-10-6-8)9(13)11-2-3-12/h4-6,12H,2-3H2,1H3,(H,11,13). The van der Waals surface area contributed by atoms with Crippen molar-refractivity contribution >= 4 is 17.7 Å². The van der Waals surface area contributed by atoms with Crippen LogP contribution in [0.3, 0.4) is 0 Å². The van der Waals surface area contributed by atoms with Gasteiger partial charge >= 0.3 is 0 Å². The Kier molecular flexibility index (Phi) is 4.42. The number of carbonyl (C=O) groups is 1. The lowest BCUT2D eigenvalue weighted by Crippen LogP contribution is -2.26. The summed E-state index contributed by atoms with van der Waals surface area (Å²) < 4.78 is 0. The molecule has 0 fully saturated rings. The van der Waals surface area contributed by atoms with Gasteiger partial charge in [-0.2, -0.15) is 0 Å². The van der Waals surface area contributed by atoms with Gasteiger partial charge in [0, 0.05) is 23.8 Å². The zero-order valence-corrected chi connectivity index (χ0v) is 8.67. The van der Waals surface area contributed by atoms with Crippen molar-refractivity contribution in [3.05, 3.63) is 24.0 Å². The minimum absolute atomic E-state index is 0.0542. The minimum Gasteiger partial charge on any atom is -0.395 e. The second kappa shape index (κ2) is 5.62. The Hall–Kier alpha value is -1.07. The molecule has 0 saturated heterocycles. The van der Waals surface area contributed by atoms with Crippen LogP contribution in [0.1, 0.15) is 10.4 Å². The number of aromatic nitrogens is 1. The van der Waals surface area contributed by atoms with E-state index in [0.717, 1.165) is 4.90 Å². The van der Waals surface area contributed by atoms with E-state index >= 15 is 0 Å². The smallest absolute Gasteiger partial charge is 0.252 e. The topological polar surface area (TPSA) is 62.2 Å². The van der Waals surface area contributed by atoms with E-state index in [-0.39, 0.29) is 19.1 Å². The van der Waals surface area contributed by atoms with Crippen LogP contribution in [0, 0.1) is 0 Å². The summed E-state index contributed by atoms with van der Waals surface area (Å²) in [7, 11) is 0. The molecule has 0 aliphatic heterocycles. The lowest BCUT2D eigenvalue weighted by molar-refractivity contribution is 0.0944. The highest BCUT2D eigenvalue weighted by molar-refractivity contribution is 7.98. The summed E-state index contributed by atoms with van der Waals surface area (Å²) >= 11 is 1.53. The minimum atomic E-state index is -0.206. The first-order chi connectivity index (χ1) is 6.77.